The molecule has 0 aliphatic carbocycles. The highest BCUT2D eigenvalue weighted by Gasteiger charge is 2.06. The number of nitrogens with one attached hydrogen (secondary N) is 1. The molecule has 0 aliphatic rings. The maximum atomic E-state index is 11.0. The number of benzene rings is 1. The number of hydrogen-bond donors (Lipinski definition) is 2. The number of carbonyl (C=O) groups is 1. The number of carbonyl (C=O) groups excluding carboxylic acids is 1. The van der Waals surface area contributed by atoms with Crippen molar-refractivity contribution in [2.45, 2.75) is 13.8 Å². The van der Waals surface area contributed by atoms with Gasteiger partial charge in [0.15, 0.2) is 0 Å². The number of halogens is 1. The molecule has 2 N–H and O–H groups in total. The van der Waals surface area contributed by atoms with Gasteiger partial charge in [-0.05, 0) is 32.0 Å². The van der Waals surface area contributed by atoms with E-state index in [4.69, 9.17) is 0 Å². The average Bonchev–Trinajstić information content (AvgIpc) is 2.29. The molecule has 1 aromatic rings. The van der Waals surface area contributed by atoms with Crippen LogP contribution in [0.1, 0.15) is 19.4 Å². The van der Waals surface area contributed by atoms with E-state index in [9.17, 15) is 9.90 Å². The van der Waals surface area contributed by atoms with Crippen LogP contribution in [-0.4, -0.2) is 23.5 Å². The van der Waals surface area contributed by atoms with E-state index < -0.39 is 6.09 Å². The van der Waals surface area contributed by atoms with Crippen LogP contribution in [0.4, 0.5) is 4.79 Å². The molecule has 0 fully saturated rings. The number of amides is 1. The molecule has 6 heteroatoms. The van der Waals surface area contributed by atoms with E-state index in [1.54, 1.807) is 32.0 Å². The Hall–Kier alpha value is -1.56. The van der Waals surface area contributed by atoms with Crippen molar-refractivity contribution in [3.63, 3.8) is 0 Å². The summed E-state index contributed by atoms with van der Waals surface area (Å²) in [6.45, 7) is 3.66. The molecule has 1 rings (SSSR count). The molecule has 0 radical (unpaired) electrons. The van der Waals surface area contributed by atoms with E-state index >= 15 is 0 Å². The Bertz CT molecular complexity index is 446. The van der Waals surface area contributed by atoms with Crippen molar-refractivity contribution < 1.29 is 14.6 Å². The zero-order chi connectivity index (χ0) is 12.8. The fourth-order valence-corrected chi connectivity index (χ4v) is 1.51. The maximum Gasteiger partial charge on any atom is 0.427 e. The second-order valence-electron chi connectivity index (χ2n) is 3.19. The molecule has 0 aliphatic heterocycles. The molecule has 1 aromatic carbocycles. The summed E-state index contributed by atoms with van der Waals surface area (Å²) >= 11 is 3.29. The van der Waals surface area contributed by atoms with Gasteiger partial charge in [0.05, 0.1) is 12.3 Å². The predicted octanol–water partition coefficient (Wildman–Crippen LogP) is 2.62. The van der Waals surface area contributed by atoms with Crippen molar-refractivity contribution in [3.8, 4) is 5.75 Å². The fraction of sp³-hybridized carbons (Fsp3) is 0.273. The van der Waals surface area contributed by atoms with E-state index in [0.717, 1.165) is 4.47 Å². The van der Waals surface area contributed by atoms with Crippen LogP contribution >= 0.6 is 15.9 Å². The Labute approximate surface area is 108 Å². The van der Waals surface area contributed by atoms with E-state index in [-0.39, 0.29) is 12.4 Å². The monoisotopic (exact) mass is 300 g/mol. The third-order valence-electron chi connectivity index (χ3n) is 1.94. The van der Waals surface area contributed by atoms with Crippen molar-refractivity contribution in [1.82, 2.24) is 5.43 Å². The molecule has 1 amide bonds. The van der Waals surface area contributed by atoms with Crippen molar-refractivity contribution in [1.29, 1.82) is 0 Å². The molecular weight excluding hydrogens is 288 g/mol. The fourth-order valence-electron chi connectivity index (χ4n) is 1.15. The molecular formula is C11H13BrN2O3. The summed E-state index contributed by atoms with van der Waals surface area (Å²) in [6, 6.07) is 4.97. The number of hydrogen-bond acceptors (Lipinski definition) is 4. The highest BCUT2D eigenvalue weighted by molar-refractivity contribution is 9.10. The molecule has 0 bridgehead atoms. The Morgan fingerprint density at radius 2 is 2.29 bits per heavy atom. The number of ether oxygens (including phenoxy) is 1. The van der Waals surface area contributed by atoms with Crippen LogP contribution in [0.3, 0.4) is 0 Å². The Kier molecular flexibility index (Phi) is 4.96. The van der Waals surface area contributed by atoms with Crippen molar-refractivity contribution in [2.24, 2.45) is 5.10 Å². The van der Waals surface area contributed by atoms with Gasteiger partial charge in [0, 0.05) is 10.0 Å². The highest BCUT2D eigenvalue weighted by atomic mass is 79.9. The zero-order valence-electron chi connectivity index (χ0n) is 9.53. The molecule has 0 saturated heterocycles. The average molecular weight is 301 g/mol. The van der Waals surface area contributed by atoms with Crippen LogP contribution in [0, 0.1) is 0 Å². The molecule has 0 aromatic heterocycles. The van der Waals surface area contributed by atoms with E-state index in [0.29, 0.717) is 11.3 Å². The highest BCUT2D eigenvalue weighted by Crippen LogP contribution is 2.22. The van der Waals surface area contributed by atoms with Crippen LogP contribution in [0.5, 0.6) is 5.75 Å². The second-order valence-corrected chi connectivity index (χ2v) is 4.11. The molecule has 0 atom stereocenters. The summed E-state index contributed by atoms with van der Waals surface area (Å²) < 4.78 is 5.47. The number of aromatic hydroxyl groups is 1. The summed E-state index contributed by atoms with van der Waals surface area (Å²) in [5.74, 6) is 0.0973. The van der Waals surface area contributed by atoms with E-state index in [1.807, 2.05) is 0 Å². The molecule has 92 valence electrons. The predicted molar refractivity (Wildman–Crippen MR) is 68.2 cm³/mol. The topological polar surface area (TPSA) is 70.9 Å². The summed E-state index contributed by atoms with van der Waals surface area (Å²) in [4.78, 5) is 11.0. The van der Waals surface area contributed by atoms with Gasteiger partial charge in [-0.2, -0.15) is 5.10 Å². The quantitative estimate of drug-likeness (QED) is 0.666. The van der Waals surface area contributed by atoms with Gasteiger partial charge in [-0.1, -0.05) is 15.9 Å². The van der Waals surface area contributed by atoms with Crippen molar-refractivity contribution >= 4 is 27.7 Å². The molecule has 0 saturated carbocycles. The molecule has 17 heavy (non-hydrogen) atoms. The summed E-state index contributed by atoms with van der Waals surface area (Å²) in [5, 5.41) is 13.5. The molecule has 5 nitrogen and oxygen atoms in total. The lowest BCUT2D eigenvalue weighted by Gasteiger charge is -2.05. The number of phenols is 1. The molecule has 0 spiro atoms. The van der Waals surface area contributed by atoms with Gasteiger partial charge in [0.2, 0.25) is 0 Å². The van der Waals surface area contributed by atoms with Gasteiger partial charge in [0.25, 0.3) is 0 Å². The van der Waals surface area contributed by atoms with Crippen LogP contribution in [-0.2, 0) is 4.74 Å². The first-order valence-corrected chi connectivity index (χ1v) is 5.79. The van der Waals surface area contributed by atoms with Crippen LogP contribution < -0.4 is 5.43 Å². The zero-order valence-corrected chi connectivity index (χ0v) is 11.1. The minimum absolute atomic E-state index is 0.0973. The van der Waals surface area contributed by atoms with Gasteiger partial charge in [-0.25, -0.2) is 10.2 Å². The lowest BCUT2D eigenvalue weighted by molar-refractivity contribution is 0.152. The third-order valence-corrected chi connectivity index (χ3v) is 2.43. The van der Waals surface area contributed by atoms with Gasteiger partial charge in [0.1, 0.15) is 5.75 Å². The minimum atomic E-state index is -0.624. The SMILES string of the molecule is CCOC(=O)N/N=C(\C)c1cc(Br)ccc1O. The Morgan fingerprint density at radius 1 is 1.59 bits per heavy atom. The standard InChI is InChI=1S/C11H13BrN2O3/c1-3-17-11(16)14-13-7(2)9-6-8(12)4-5-10(9)15/h4-6,15H,3H2,1-2H3,(H,14,16)/b13-7+. The van der Waals surface area contributed by atoms with E-state index in [2.05, 4.69) is 31.2 Å². The minimum Gasteiger partial charge on any atom is -0.507 e. The smallest absolute Gasteiger partial charge is 0.427 e. The normalized spacial score (nSPS) is 11.1. The van der Waals surface area contributed by atoms with Crippen LogP contribution in [0.2, 0.25) is 0 Å². The first kappa shape index (κ1) is 13.5. The molecule has 0 unspecified atom stereocenters. The first-order valence-electron chi connectivity index (χ1n) is 5.00. The number of rotatable bonds is 3. The van der Waals surface area contributed by atoms with Gasteiger partial charge in [-0.15, -0.1) is 0 Å². The Morgan fingerprint density at radius 3 is 2.94 bits per heavy atom. The van der Waals surface area contributed by atoms with Crippen molar-refractivity contribution in [3.05, 3.63) is 28.2 Å². The number of phenolic OH excluding ortho intramolecular Hbond substituents is 1. The Balaban J connectivity index is 2.81. The van der Waals surface area contributed by atoms with Crippen LogP contribution in [0.25, 0.3) is 0 Å². The lowest BCUT2D eigenvalue weighted by Crippen LogP contribution is -2.20. The summed E-state index contributed by atoms with van der Waals surface area (Å²) in [6.07, 6.45) is -0.624. The van der Waals surface area contributed by atoms with Crippen LogP contribution in [0.15, 0.2) is 27.8 Å². The summed E-state index contributed by atoms with van der Waals surface area (Å²) in [7, 11) is 0. The number of hydrazone groups is 1. The van der Waals surface area contributed by atoms with Gasteiger partial charge in [-0.3, -0.25) is 0 Å². The lowest BCUT2D eigenvalue weighted by atomic mass is 10.1. The molecule has 0 heterocycles. The third kappa shape index (κ3) is 4.07. The maximum absolute atomic E-state index is 11.0. The van der Waals surface area contributed by atoms with Gasteiger partial charge >= 0.3 is 6.09 Å². The largest absolute Gasteiger partial charge is 0.507 e. The first-order chi connectivity index (χ1) is 8.04. The van der Waals surface area contributed by atoms with Crippen molar-refractivity contribution in [2.75, 3.05) is 6.61 Å². The summed E-state index contributed by atoms with van der Waals surface area (Å²) in [5.41, 5.74) is 3.25. The van der Waals surface area contributed by atoms with E-state index in [1.165, 1.54) is 0 Å². The second kappa shape index (κ2) is 6.24. The number of nitrogens with zero attached hydrogens (tertiary/aromatic N) is 1. The van der Waals surface area contributed by atoms with Gasteiger partial charge < -0.3 is 9.84 Å².